The van der Waals surface area contributed by atoms with Gasteiger partial charge in [-0.25, -0.2) is 9.97 Å². The van der Waals surface area contributed by atoms with Gasteiger partial charge in [0.2, 0.25) is 5.95 Å². The lowest BCUT2D eigenvalue weighted by Crippen LogP contribution is -2.25. The predicted molar refractivity (Wildman–Crippen MR) is 97.9 cm³/mol. The minimum Gasteiger partial charge on any atom is -0.372 e. The Bertz CT molecular complexity index is 653. The van der Waals surface area contributed by atoms with E-state index in [0.717, 1.165) is 25.2 Å². The fourth-order valence-corrected chi connectivity index (χ4v) is 2.35. The number of nitrogens with one attached hydrogen (secondary N) is 2. The van der Waals surface area contributed by atoms with Gasteiger partial charge in [-0.15, -0.1) is 0 Å². The van der Waals surface area contributed by atoms with Crippen molar-refractivity contribution in [1.82, 2.24) is 15.3 Å². The van der Waals surface area contributed by atoms with E-state index in [2.05, 4.69) is 51.5 Å². The van der Waals surface area contributed by atoms with E-state index in [1.165, 1.54) is 5.69 Å². The van der Waals surface area contributed by atoms with Crippen LogP contribution in [-0.4, -0.2) is 35.5 Å². The SMILES string of the molecule is CCCNC(=O)c1ccnc(Nc2ccc(N(CC)CC)cc2)n1. The van der Waals surface area contributed by atoms with Gasteiger partial charge in [0.05, 0.1) is 0 Å². The van der Waals surface area contributed by atoms with Gasteiger partial charge < -0.3 is 15.5 Å². The van der Waals surface area contributed by atoms with E-state index in [9.17, 15) is 4.79 Å². The summed E-state index contributed by atoms with van der Waals surface area (Å²) >= 11 is 0. The summed E-state index contributed by atoms with van der Waals surface area (Å²) in [5.74, 6) is 0.230. The zero-order chi connectivity index (χ0) is 17.4. The molecule has 1 heterocycles. The number of amides is 1. The van der Waals surface area contributed by atoms with E-state index < -0.39 is 0 Å². The summed E-state index contributed by atoms with van der Waals surface area (Å²) in [6, 6.07) is 9.71. The van der Waals surface area contributed by atoms with Crippen LogP contribution in [0.25, 0.3) is 0 Å². The first-order valence-electron chi connectivity index (χ1n) is 8.41. The molecule has 0 radical (unpaired) electrons. The van der Waals surface area contributed by atoms with Gasteiger partial charge in [-0.2, -0.15) is 0 Å². The lowest BCUT2D eigenvalue weighted by molar-refractivity contribution is 0.0948. The van der Waals surface area contributed by atoms with E-state index in [0.29, 0.717) is 18.2 Å². The summed E-state index contributed by atoms with van der Waals surface area (Å²) in [5.41, 5.74) is 2.43. The first kappa shape index (κ1) is 17.7. The molecule has 0 aliphatic rings. The summed E-state index contributed by atoms with van der Waals surface area (Å²) in [6.45, 7) is 8.87. The van der Waals surface area contributed by atoms with Crippen LogP contribution in [0.1, 0.15) is 37.7 Å². The fourth-order valence-electron chi connectivity index (χ4n) is 2.35. The van der Waals surface area contributed by atoms with Crippen molar-refractivity contribution in [2.24, 2.45) is 0 Å². The number of benzene rings is 1. The topological polar surface area (TPSA) is 70.2 Å². The zero-order valence-corrected chi connectivity index (χ0v) is 14.5. The van der Waals surface area contributed by atoms with Crippen LogP contribution in [0, 0.1) is 0 Å². The minimum absolute atomic E-state index is 0.181. The third-order valence-electron chi connectivity index (χ3n) is 3.68. The lowest BCUT2D eigenvalue weighted by Gasteiger charge is -2.21. The second kappa shape index (κ2) is 8.86. The van der Waals surface area contributed by atoms with Gasteiger partial charge in [-0.3, -0.25) is 4.79 Å². The smallest absolute Gasteiger partial charge is 0.270 e. The largest absolute Gasteiger partial charge is 0.372 e. The average Bonchev–Trinajstić information content (AvgIpc) is 2.62. The zero-order valence-electron chi connectivity index (χ0n) is 14.5. The van der Waals surface area contributed by atoms with Crippen molar-refractivity contribution >= 4 is 23.2 Å². The van der Waals surface area contributed by atoms with Gasteiger partial charge in [0, 0.05) is 37.2 Å². The Morgan fingerprint density at radius 3 is 2.42 bits per heavy atom. The van der Waals surface area contributed by atoms with E-state index in [1.807, 2.05) is 19.1 Å². The molecule has 0 spiro atoms. The van der Waals surface area contributed by atoms with Gasteiger partial charge in [0.15, 0.2) is 0 Å². The number of nitrogens with zero attached hydrogens (tertiary/aromatic N) is 3. The molecule has 6 heteroatoms. The van der Waals surface area contributed by atoms with E-state index in [1.54, 1.807) is 12.3 Å². The first-order valence-corrected chi connectivity index (χ1v) is 8.41. The molecule has 2 rings (SSSR count). The Hall–Kier alpha value is -2.63. The molecule has 0 aliphatic heterocycles. The molecule has 2 N–H and O–H groups in total. The molecule has 2 aromatic rings. The van der Waals surface area contributed by atoms with Crippen LogP contribution >= 0.6 is 0 Å². The average molecular weight is 327 g/mol. The number of carbonyl (C=O) groups is 1. The van der Waals surface area contributed by atoms with Crippen molar-refractivity contribution in [2.45, 2.75) is 27.2 Å². The molecule has 0 fully saturated rings. The molecule has 0 unspecified atom stereocenters. The summed E-state index contributed by atoms with van der Waals surface area (Å²) in [7, 11) is 0. The molecule has 1 amide bonds. The normalized spacial score (nSPS) is 10.3. The van der Waals surface area contributed by atoms with E-state index >= 15 is 0 Å². The summed E-state index contributed by atoms with van der Waals surface area (Å²) in [6.07, 6.45) is 2.47. The van der Waals surface area contributed by atoms with Gasteiger partial charge in [-0.1, -0.05) is 6.92 Å². The number of carbonyl (C=O) groups excluding carboxylic acids is 1. The summed E-state index contributed by atoms with van der Waals surface area (Å²) in [5, 5.41) is 5.95. The first-order chi connectivity index (χ1) is 11.7. The Balaban J connectivity index is 2.07. The number of aromatic nitrogens is 2. The van der Waals surface area contributed by atoms with Gasteiger partial charge in [0.1, 0.15) is 5.69 Å². The maximum absolute atomic E-state index is 12.0. The second-order valence-electron chi connectivity index (χ2n) is 5.37. The van der Waals surface area contributed by atoms with Crippen molar-refractivity contribution < 1.29 is 4.79 Å². The maximum atomic E-state index is 12.0. The second-order valence-corrected chi connectivity index (χ2v) is 5.37. The van der Waals surface area contributed by atoms with Crippen molar-refractivity contribution in [2.75, 3.05) is 29.9 Å². The minimum atomic E-state index is -0.181. The fraction of sp³-hybridized carbons (Fsp3) is 0.389. The molecular formula is C18H25N5O. The highest BCUT2D eigenvalue weighted by molar-refractivity contribution is 5.92. The predicted octanol–water partition coefficient (Wildman–Crippen LogP) is 3.21. The van der Waals surface area contributed by atoms with Gasteiger partial charge in [0.25, 0.3) is 5.91 Å². The van der Waals surface area contributed by atoms with Crippen LogP contribution in [0.3, 0.4) is 0 Å². The van der Waals surface area contributed by atoms with Crippen LogP contribution in [0.5, 0.6) is 0 Å². The molecule has 6 nitrogen and oxygen atoms in total. The monoisotopic (exact) mass is 327 g/mol. The van der Waals surface area contributed by atoms with Crippen LogP contribution < -0.4 is 15.5 Å². The standard InChI is InChI=1S/C18H25N5O/c1-4-12-19-17(24)16-11-13-20-18(22-16)21-14-7-9-15(10-8-14)23(5-2)6-3/h7-11,13H,4-6,12H2,1-3H3,(H,19,24)(H,20,21,22). The van der Waals surface area contributed by atoms with Crippen LogP contribution in [0.2, 0.25) is 0 Å². The molecule has 24 heavy (non-hydrogen) atoms. The molecule has 0 atom stereocenters. The Morgan fingerprint density at radius 1 is 1.08 bits per heavy atom. The Morgan fingerprint density at radius 2 is 1.79 bits per heavy atom. The quantitative estimate of drug-likeness (QED) is 0.779. The van der Waals surface area contributed by atoms with Crippen molar-refractivity contribution in [1.29, 1.82) is 0 Å². The molecule has 0 aliphatic carbocycles. The Labute approximate surface area is 143 Å². The molecule has 0 bridgehead atoms. The molecule has 128 valence electrons. The number of anilines is 3. The van der Waals surface area contributed by atoms with Crippen molar-refractivity contribution in [3.8, 4) is 0 Å². The summed E-state index contributed by atoms with van der Waals surface area (Å²) < 4.78 is 0. The van der Waals surface area contributed by atoms with Crippen molar-refractivity contribution in [3.63, 3.8) is 0 Å². The highest BCUT2D eigenvalue weighted by atomic mass is 16.1. The third kappa shape index (κ3) is 4.68. The highest BCUT2D eigenvalue weighted by Crippen LogP contribution is 2.19. The van der Waals surface area contributed by atoms with Crippen molar-refractivity contribution in [3.05, 3.63) is 42.2 Å². The maximum Gasteiger partial charge on any atom is 0.270 e. The highest BCUT2D eigenvalue weighted by Gasteiger charge is 2.08. The lowest BCUT2D eigenvalue weighted by atomic mass is 10.2. The van der Waals surface area contributed by atoms with E-state index in [4.69, 9.17) is 0 Å². The molecule has 1 aromatic carbocycles. The van der Waals surface area contributed by atoms with Gasteiger partial charge >= 0.3 is 0 Å². The van der Waals surface area contributed by atoms with E-state index in [-0.39, 0.29) is 5.91 Å². The number of rotatable bonds is 8. The number of hydrogen-bond acceptors (Lipinski definition) is 5. The number of hydrogen-bond donors (Lipinski definition) is 2. The third-order valence-corrected chi connectivity index (χ3v) is 3.68. The molecular weight excluding hydrogens is 302 g/mol. The van der Waals surface area contributed by atoms with Crippen LogP contribution in [0.15, 0.2) is 36.5 Å². The Kier molecular flexibility index (Phi) is 6.54. The molecule has 1 aromatic heterocycles. The molecule has 0 saturated carbocycles. The van der Waals surface area contributed by atoms with Crippen LogP contribution in [0.4, 0.5) is 17.3 Å². The molecule has 0 saturated heterocycles. The van der Waals surface area contributed by atoms with Crippen LogP contribution in [-0.2, 0) is 0 Å². The summed E-state index contributed by atoms with van der Waals surface area (Å²) in [4.78, 5) is 22.7. The van der Waals surface area contributed by atoms with Gasteiger partial charge in [-0.05, 0) is 50.6 Å².